The molecule has 1 N–H and O–H groups in total. The van der Waals surface area contributed by atoms with Crippen LogP contribution >= 0.6 is 0 Å². The molecule has 0 aromatic heterocycles. The second-order valence-corrected chi connectivity index (χ2v) is 4.21. The van der Waals surface area contributed by atoms with Gasteiger partial charge >= 0.3 is 0 Å². The molecule has 2 heteroatoms. The van der Waals surface area contributed by atoms with Crippen LogP contribution in [0.25, 0.3) is 0 Å². The van der Waals surface area contributed by atoms with E-state index in [-0.39, 0.29) is 18.3 Å². The average molecular weight is 206 g/mol. The smallest absolute Gasteiger partial charge is 0.142 e. The first-order valence-corrected chi connectivity index (χ1v) is 5.23. The lowest BCUT2D eigenvalue weighted by molar-refractivity contribution is -0.125. The molecule has 1 unspecified atom stereocenters. The van der Waals surface area contributed by atoms with E-state index in [4.69, 9.17) is 0 Å². The first-order valence-electron chi connectivity index (χ1n) is 5.23. The number of benzene rings is 1. The Morgan fingerprint density at radius 3 is 2.20 bits per heavy atom. The number of carbonyl (C=O) groups excluding carboxylic acids is 1. The number of rotatable bonds is 4. The van der Waals surface area contributed by atoms with Crippen molar-refractivity contribution in [3.8, 4) is 0 Å². The molecule has 0 heterocycles. The Morgan fingerprint density at radius 2 is 1.87 bits per heavy atom. The van der Waals surface area contributed by atoms with Gasteiger partial charge in [-0.15, -0.1) is 0 Å². The zero-order valence-electron chi connectivity index (χ0n) is 9.53. The first-order chi connectivity index (χ1) is 7.05. The predicted octanol–water partition coefficient (Wildman–Crippen LogP) is 2.16. The molecule has 0 aliphatic carbocycles. The maximum Gasteiger partial charge on any atom is 0.142 e. The standard InChI is InChI=1S/C13H18O2/c1-10(2)13(9-14,11(3)15)12-7-5-4-6-8-12/h4-8,10,14H,9H2,1-3H3. The van der Waals surface area contributed by atoms with Gasteiger partial charge in [-0.3, -0.25) is 4.79 Å². The van der Waals surface area contributed by atoms with Crippen molar-refractivity contribution in [2.45, 2.75) is 26.2 Å². The van der Waals surface area contributed by atoms with E-state index in [1.54, 1.807) is 6.92 Å². The van der Waals surface area contributed by atoms with Gasteiger partial charge in [-0.2, -0.15) is 0 Å². The molecule has 0 amide bonds. The van der Waals surface area contributed by atoms with Gasteiger partial charge in [-0.05, 0) is 18.4 Å². The lowest BCUT2D eigenvalue weighted by atomic mass is 9.69. The fourth-order valence-electron chi connectivity index (χ4n) is 2.06. The molecule has 2 nitrogen and oxygen atoms in total. The highest BCUT2D eigenvalue weighted by Gasteiger charge is 2.39. The van der Waals surface area contributed by atoms with Crippen molar-refractivity contribution < 1.29 is 9.90 Å². The molecule has 15 heavy (non-hydrogen) atoms. The summed E-state index contributed by atoms with van der Waals surface area (Å²) < 4.78 is 0. The average Bonchev–Trinajstić information content (AvgIpc) is 2.20. The van der Waals surface area contributed by atoms with E-state index < -0.39 is 5.41 Å². The summed E-state index contributed by atoms with van der Waals surface area (Å²) >= 11 is 0. The monoisotopic (exact) mass is 206 g/mol. The minimum absolute atomic E-state index is 0.0196. The molecular formula is C13H18O2. The summed E-state index contributed by atoms with van der Waals surface area (Å²) in [6.07, 6.45) is 0. The number of ketones is 1. The summed E-state index contributed by atoms with van der Waals surface area (Å²) in [5, 5.41) is 9.55. The Kier molecular flexibility index (Phi) is 3.64. The Labute approximate surface area is 90.9 Å². The minimum Gasteiger partial charge on any atom is -0.395 e. The van der Waals surface area contributed by atoms with Crippen LogP contribution in [0, 0.1) is 5.92 Å². The molecule has 0 aliphatic rings. The van der Waals surface area contributed by atoms with Crippen molar-refractivity contribution in [1.29, 1.82) is 0 Å². The van der Waals surface area contributed by atoms with Crippen molar-refractivity contribution in [2.24, 2.45) is 5.92 Å². The number of hydrogen-bond acceptors (Lipinski definition) is 2. The van der Waals surface area contributed by atoms with Crippen LogP contribution in [0.4, 0.5) is 0 Å². The molecule has 82 valence electrons. The number of carbonyl (C=O) groups is 1. The molecule has 0 spiro atoms. The molecule has 1 atom stereocenters. The van der Waals surface area contributed by atoms with Crippen LogP contribution in [-0.2, 0) is 10.2 Å². The van der Waals surface area contributed by atoms with Crippen LogP contribution in [0.1, 0.15) is 26.3 Å². The molecular weight excluding hydrogens is 188 g/mol. The normalized spacial score (nSPS) is 15.0. The van der Waals surface area contributed by atoms with Crippen molar-refractivity contribution >= 4 is 5.78 Å². The maximum atomic E-state index is 11.8. The Hall–Kier alpha value is -1.15. The first kappa shape index (κ1) is 11.9. The van der Waals surface area contributed by atoms with Crippen LogP contribution < -0.4 is 0 Å². The summed E-state index contributed by atoms with van der Waals surface area (Å²) in [4.78, 5) is 11.8. The van der Waals surface area contributed by atoms with Gasteiger partial charge in [0.25, 0.3) is 0 Å². The van der Waals surface area contributed by atoms with E-state index in [0.717, 1.165) is 5.56 Å². The molecule has 0 fully saturated rings. The lowest BCUT2D eigenvalue weighted by Crippen LogP contribution is -2.43. The van der Waals surface area contributed by atoms with E-state index >= 15 is 0 Å². The highest BCUT2D eigenvalue weighted by Crippen LogP contribution is 2.32. The van der Waals surface area contributed by atoms with Crippen molar-refractivity contribution in [3.63, 3.8) is 0 Å². The second kappa shape index (κ2) is 4.58. The van der Waals surface area contributed by atoms with Crippen LogP contribution in [0.15, 0.2) is 30.3 Å². The number of hydrogen-bond donors (Lipinski definition) is 1. The summed E-state index contributed by atoms with van der Waals surface area (Å²) in [7, 11) is 0. The fraction of sp³-hybridized carbons (Fsp3) is 0.462. The van der Waals surface area contributed by atoms with Crippen LogP contribution in [0.3, 0.4) is 0 Å². The Bertz CT molecular complexity index is 330. The van der Waals surface area contributed by atoms with Crippen molar-refractivity contribution in [1.82, 2.24) is 0 Å². The number of Topliss-reactive ketones (excluding diaryl/α,β-unsaturated/α-hetero) is 1. The van der Waals surface area contributed by atoms with Gasteiger partial charge in [-0.25, -0.2) is 0 Å². The quantitative estimate of drug-likeness (QED) is 0.819. The molecule has 1 aromatic carbocycles. The van der Waals surface area contributed by atoms with Gasteiger partial charge in [0.15, 0.2) is 0 Å². The van der Waals surface area contributed by atoms with Crippen molar-refractivity contribution in [2.75, 3.05) is 6.61 Å². The van der Waals surface area contributed by atoms with Gasteiger partial charge in [0, 0.05) is 0 Å². The SMILES string of the molecule is CC(=O)C(CO)(c1ccccc1)C(C)C. The van der Waals surface area contributed by atoms with Gasteiger partial charge in [0.1, 0.15) is 5.78 Å². The molecule has 0 bridgehead atoms. The fourth-order valence-corrected chi connectivity index (χ4v) is 2.06. The second-order valence-electron chi connectivity index (χ2n) is 4.21. The highest BCUT2D eigenvalue weighted by atomic mass is 16.3. The largest absolute Gasteiger partial charge is 0.395 e. The minimum atomic E-state index is -0.749. The molecule has 0 saturated heterocycles. The number of aliphatic hydroxyl groups excluding tert-OH is 1. The van der Waals surface area contributed by atoms with E-state index in [0.29, 0.717) is 0 Å². The third kappa shape index (κ3) is 1.95. The van der Waals surface area contributed by atoms with Crippen molar-refractivity contribution in [3.05, 3.63) is 35.9 Å². The van der Waals surface area contributed by atoms with E-state index in [1.807, 2.05) is 44.2 Å². The molecule has 1 aromatic rings. The van der Waals surface area contributed by atoms with Gasteiger partial charge in [0.05, 0.1) is 12.0 Å². The summed E-state index contributed by atoms with van der Waals surface area (Å²) in [5.41, 5.74) is 0.149. The van der Waals surface area contributed by atoms with E-state index in [2.05, 4.69) is 0 Å². The molecule has 0 radical (unpaired) electrons. The topological polar surface area (TPSA) is 37.3 Å². The molecule has 0 aliphatic heterocycles. The third-order valence-corrected chi connectivity index (χ3v) is 3.15. The Balaban J connectivity index is 3.28. The van der Waals surface area contributed by atoms with E-state index in [1.165, 1.54) is 0 Å². The zero-order chi connectivity index (χ0) is 11.5. The summed E-state index contributed by atoms with van der Waals surface area (Å²) in [6, 6.07) is 9.50. The van der Waals surface area contributed by atoms with Gasteiger partial charge < -0.3 is 5.11 Å². The van der Waals surface area contributed by atoms with E-state index in [9.17, 15) is 9.90 Å². The third-order valence-electron chi connectivity index (χ3n) is 3.15. The summed E-state index contributed by atoms with van der Waals surface area (Å²) in [6.45, 7) is 5.34. The lowest BCUT2D eigenvalue weighted by Gasteiger charge is -2.33. The molecule has 1 rings (SSSR count). The van der Waals surface area contributed by atoms with Gasteiger partial charge in [0.2, 0.25) is 0 Å². The summed E-state index contributed by atoms with van der Waals surface area (Å²) in [5.74, 6) is 0.105. The van der Waals surface area contributed by atoms with Gasteiger partial charge in [-0.1, -0.05) is 44.2 Å². The maximum absolute atomic E-state index is 11.8. The predicted molar refractivity (Wildman–Crippen MR) is 60.7 cm³/mol. The van der Waals surface area contributed by atoms with Crippen LogP contribution in [0.2, 0.25) is 0 Å². The highest BCUT2D eigenvalue weighted by molar-refractivity contribution is 5.88. The number of aliphatic hydroxyl groups is 1. The molecule has 0 saturated carbocycles. The zero-order valence-corrected chi connectivity index (χ0v) is 9.53. The van der Waals surface area contributed by atoms with Crippen LogP contribution in [-0.4, -0.2) is 17.5 Å². The Morgan fingerprint density at radius 1 is 1.33 bits per heavy atom. The van der Waals surface area contributed by atoms with Crippen LogP contribution in [0.5, 0.6) is 0 Å².